The molecule has 0 aliphatic rings. The summed E-state index contributed by atoms with van der Waals surface area (Å²) in [6, 6.07) is 6.57. The Morgan fingerprint density at radius 1 is 1.19 bits per heavy atom. The number of rotatable bonds is 8. The monoisotopic (exact) mass is 376 g/mol. The fourth-order valence-electron chi connectivity index (χ4n) is 2.42. The number of carboxylic acid groups (broad SMARTS) is 2. The van der Waals surface area contributed by atoms with Crippen molar-refractivity contribution in [2.75, 3.05) is 11.9 Å². The minimum absolute atomic E-state index is 0.0255. The molecule has 0 bridgehead atoms. The number of nitrogens with one attached hydrogen (secondary N) is 1. The molecule has 2 rings (SSSR count). The van der Waals surface area contributed by atoms with Gasteiger partial charge in [-0.2, -0.15) is 0 Å². The molecule has 0 aliphatic heterocycles. The summed E-state index contributed by atoms with van der Waals surface area (Å²) >= 11 is 0. The number of aliphatic hydroxyl groups is 1. The third-order valence-electron chi connectivity index (χ3n) is 3.59. The SMILES string of the molecule is Cc1nc(Nc2ccc(CCO)cc2)c([N+](=O)[O-])c(C(C(=O)O)C(=O)O)n1. The van der Waals surface area contributed by atoms with Gasteiger partial charge in [0, 0.05) is 12.3 Å². The molecule has 0 atom stereocenters. The molecule has 0 spiro atoms. The fourth-order valence-corrected chi connectivity index (χ4v) is 2.42. The minimum Gasteiger partial charge on any atom is -0.480 e. The molecule has 0 fully saturated rings. The molecule has 0 saturated carbocycles. The largest absolute Gasteiger partial charge is 0.480 e. The van der Waals surface area contributed by atoms with Gasteiger partial charge >= 0.3 is 17.6 Å². The molecule has 1 aromatic carbocycles. The molecule has 0 unspecified atom stereocenters. The second-order valence-corrected chi connectivity index (χ2v) is 5.52. The van der Waals surface area contributed by atoms with Crippen LogP contribution in [-0.4, -0.2) is 48.8 Å². The number of carboxylic acids is 2. The summed E-state index contributed by atoms with van der Waals surface area (Å²) in [7, 11) is 0. The number of aliphatic carboxylic acids is 2. The second-order valence-electron chi connectivity index (χ2n) is 5.52. The summed E-state index contributed by atoms with van der Waals surface area (Å²) in [5.74, 6) is -6.10. The van der Waals surface area contributed by atoms with Gasteiger partial charge in [-0.3, -0.25) is 19.7 Å². The van der Waals surface area contributed by atoms with E-state index in [1.54, 1.807) is 24.3 Å². The fraction of sp³-hybridized carbons (Fsp3) is 0.250. The van der Waals surface area contributed by atoms with Gasteiger partial charge in [-0.05, 0) is 31.0 Å². The number of carbonyl (C=O) groups is 2. The Morgan fingerprint density at radius 2 is 1.78 bits per heavy atom. The number of aryl methyl sites for hydroxylation is 1. The molecule has 0 saturated heterocycles. The van der Waals surface area contributed by atoms with E-state index in [9.17, 15) is 19.7 Å². The maximum Gasteiger partial charge on any atom is 0.334 e. The number of hydrogen-bond acceptors (Lipinski definition) is 8. The van der Waals surface area contributed by atoms with Gasteiger partial charge in [0.25, 0.3) is 0 Å². The van der Waals surface area contributed by atoms with E-state index in [0.717, 1.165) is 5.56 Å². The lowest BCUT2D eigenvalue weighted by Gasteiger charge is -2.12. The van der Waals surface area contributed by atoms with E-state index in [2.05, 4.69) is 15.3 Å². The summed E-state index contributed by atoms with van der Waals surface area (Å²) in [4.78, 5) is 40.8. The Morgan fingerprint density at radius 3 is 2.26 bits per heavy atom. The number of benzene rings is 1. The first-order chi connectivity index (χ1) is 12.7. The summed E-state index contributed by atoms with van der Waals surface area (Å²) in [6.07, 6.45) is 0.441. The van der Waals surface area contributed by atoms with Crippen LogP contribution < -0.4 is 5.32 Å². The van der Waals surface area contributed by atoms with Crippen LogP contribution in [0.3, 0.4) is 0 Å². The number of aliphatic hydroxyl groups excluding tert-OH is 1. The van der Waals surface area contributed by atoms with Crippen molar-refractivity contribution in [3.05, 3.63) is 51.5 Å². The Labute approximate surface area is 152 Å². The summed E-state index contributed by atoms with van der Waals surface area (Å²) in [6.45, 7) is 1.34. The molecule has 11 nitrogen and oxygen atoms in total. The first-order valence-electron chi connectivity index (χ1n) is 7.70. The van der Waals surface area contributed by atoms with Gasteiger partial charge in [-0.15, -0.1) is 0 Å². The molecule has 0 amide bonds. The Balaban J connectivity index is 2.54. The smallest absolute Gasteiger partial charge is 0.334 e. The van der Waals surface area contributed by atoms with E-state index < -0.39 is 34.2 Å². The van der Waals surface area contributed by atoms with Crippen LogP contribution in [0, 0.1) is 17.0 Å². The summed E-state index contributed by atoms with van der Waals surface area (Å²) in [5.41, 5.74) is -0.290. The van der Waals surface area contributed by atoms with Crippen LogP contribution >= 0.6 is 0 Å². The third-order valence-corrected chi connectivity index (χ3v) is 3.59. The molecule has 1 heterocycles. The van der Waals surface area contributed by atoms with E-state index in [1.165, 1.54) is 6.92 Å². The molecule has 0 radical (unpaired) electrons. The number of anilines is 2. The van der Waals surface area contributed by atoms with E-state index in [0.29, 0.717) is 12.1 Å². The third kappa shape index (κ3) is 4.52. The molecule has 2 aromatic rings. The highest BCUT2D eigenvalue weighted by Crippen LogP contribution is 2.33. The highest BCUT2D eigenvalue weighted by Gasteiger charge is 2.38. The molecule has 142 valence electrons. The standard InChI is InChI=1S/C16H16N4O7/c1-8-17-12(11(15(22)23)16(24)25)13(20(26)27)14(18-8)19-10-4-2-9(3-5-10)6-7-21/h2-5,11,21H,6-7H2,1H3,(H,22,23)(H,24,25)(H,17,18,19). The highest BCUT2D eigenvalue weighted by molar-refractivity contribution is 6.00. The molecular formula is C16H16N4O7. The average molecular weight is 376 g/mol. The van der Waals surface area contributed by atoms with Gasteiger partial charge in [-0.25, -0.2) is 9.97 Å². The van der Waals surface area contributed by atoms with Crippen molar-refractivity contribution in [1.82, 2.24) is 9.97 Å². The number of hydrogen-bond donors (Lipinski definition) is 4. The lowest BCUT2D eigenvalue weighted by Crippen LogP contribution is -2.24. The average Bonchev–Trinajstić information content (AvgIpc) is 2.55. The molecule has 4 N–H and O–H groups in total. The van der Waals surface area contributed by atoms with E-state index >= 15 is 0 Å². The van der Waals surface area contributed by atoms with Crippen LogP contribution in [0.2, 0.25) is 0 Å². The van der Waals surface area contributed by atoms with Crippen LogP contribution in [0.1, 0.15) is 23.0 Å². The topological polar surface area (TPSA) is 176 Å². The van der Waals surface area contributed by atoms with E-state index in [-0.39, 0.29) is 18.2 Å². The van der Waals surface area contributed by atoms with Crippen molar-refractivity contribution >= 4 is 29.1 Å². The highest BCUT2D eigenvalue weighted by atomic mass is 16.6. The number of aromatic nitrogens is 2. The van der Waals surface area contributed by atoms with E-state index in [1.807, 2.05) is 0 Å². The lowest BCUT2D eigenvalue weighted by molar-refractivity contribution is -0.385. The normalized spacial score (nSPS) is 10.6. The van der Waals surface area contributed by atoms with Crippen LogP contribution in [-0.2, 0) is 16.0 Å². The zero-order valence-electron chi connectivity index (χ0n) is 14.1. The van der Waals surface area contributed by atoms with E-state index in [4.69, 9.17) is 15.3 Å². The van der Waals surface area contributed by atoms with Gasteiger partial charge < -0.3 is 20.6 Å². The molecule has 1 aromatic heterocycles. The van der Waals surface area contributed by atoms with Gasteiger partial charge in [0.05, 0.1) is 4.92 Å². The first kappa shape index (κ1) is 19.7. The summed E-state index contributed by atoms with van der Waals surface area (Å²) < 4.78 is 0. The van der Waals surface area contributed by atoms with Crippen molar-refractivity contribution in [3.63, 3.8) is 0 Å². The Hall–Kier alpha value is -3.60. The second kappa shape index (κ2) is 8.19. The van der Waals surface area contributed by atoms with Crippen molar-refractivity contribution in [1.29, 1.82) is 0 Å². The lowest BCUT2D eigenvalue weighted by atomic mass is 10.0. The van der Waals surface area contributed by atoms with Crippen LogP contribution in [0.25, 0.3) is 0 Å². The molecular weight excluding hydrogens is 360 g/mol. The molecule has 0 aliphatic carbocycles. The van der Waals surface area contributed by atoms with Gasteiger partial charge in [0.2, 0.25) is 11.7 Å². The maximum absolute atomic E-state index is 11.5. The van der Waals surface area contributed by atoms with Crippen LogP contribution in [0.15, 0.2) is 24.3 Å². The van der Waals surface area contributed by atoms with Crippen molar-refractivity contribution < 1.29 is 29.8 Å². The Kier molecular flexibility index (Phi) is 5.98. The number of nitrogens with zero attached hydrogens (tertiary/aromatic N) is 3. The molecule has 11 heteroatoms. The summed E-state index contributed by atoms with van der Waals surface area (Å²) in [5, 5.41) is 41.4. The zero-order valence-corrected chi connectivity index (χ0v) is 14.1. The van der Waals surface area contributed by atoms with Crippen molar-refractivity contribution in [3.8, 4) is 0 Å². The van der Waals surface area contributed by atoms with Crippen molar-refractivity contribution in [2.24, 2.45) is 0 Å². The predicted molar refractivity (Wildman–Crippen MR) is 92.0 cm³/mol. The quantitative estimate of drug-likeness (QED) is 0.298. The van der Waals surface area contributed by atoms with Crippen LogP contribution in [0.4, 0.5) is 17.2 Å². The predicted octanol–water partition coefficient (Wildman–Crippen LogP) is 1.22. The van der Waals surface area contributed by atoms with Crippen molar-refractivity contribution in [2.45, 2.75) is 19.3 Å². The van der Waals surface area contributed by atoms with Gasteiger partial charge in [-0.1, -0.05) is 12.1 Å². The number of nitro groups is 1. The maximum atomic E-state index is 11.5. The van der Waals surface area contributed by atoms with Gasteiger partial charge in [0.15, 0.2) is 0 Å². The first-order valence-corrected chi connectivity index (χ1v) is 7.70. The Bertz CT molecular complexity index is 869. The van der Waals surface area contributed by atoms with Gasteiger partial charge in [0.1, 0.15) is 11.5 Å². The minimum atomic E-state index is -2.21. The molecule has 27 heavy (non-hydrogen) atoms. The zero-order chi connectivity index (χ0) is 20.1. The van der Waals surface area contributed by atoms with Crippen LogP contribution in [0.5, 0.6) is 0 Å².